The highest BCUT2D eigenvalue weighted by Gasteiger charge is 2.32. The Bertz CT molecular complexity index is 805. The summed E-state index contributed by atoms with van der Waals surface area (Å²) in [6.45, 7) is 2.95. The Balaban J connectivity index is 1.83. The quantitative estimate of drug-likeness (QED) is 0.891. The lowest BCUT2D eigenvalue weighted by molar-refractivity contribution is 0.0996. The third-order valence-electron chi connectivity index (χ3n) is 5.03. The van der Waals surface area contributed by atoms with E-state index in [1.165, 1.54) is 17.3 Å². The Labute approximate surface area is 140 Å². The van der Waals surface area contributed by atoms with E-state index in [9.17, 15) is 9.18 Å². The van der Waals surface area contributed by atoms with Crippen LogP contribution in [0.2, 0.25) is 0 Å². The van der Waals surface area contributed by atoms with E-state index in [-0.39, 0.29) is 5.56 Å². The molecule has 2 aliphatic rings. The number of anilines is 1. The van der Waals surface area contributed by atoms with Crippen molar-refractivity contribution in [1.29, 1.82) is 0 Å². The van der Waals surface area contributed by atoms with Gasteiger partial charge in [0, 0.05) is 30.4 Å². The Morgan fingerprint density at radius 2 is 2.12 bits per heavy atom. The monoisotopic (exact) mass is 325 g/mol. The highest BCUT2D eigenvalue weighted by atomic mass is 19.1. The van der Waals surface area contributed by atoms with Gasteiger partial charge in [-0.3, -0.25) is 4.79 Å². The SMILES string of the molecule is NC(=O)c1cc(-c2cccc3c2N2CCNCCC2C3)ccc1F. The van der Waals surface area contributed by atoms with Crippen LogP contribution in [-0.2, 0) is 6.42 Å². The molecule has 1 saturated heterocycles. The number of para-hydroxylation sites is 1. The molecule has 2 aromatic carbocycles. The number of nitrogens with one attached hydrogen (secondary N) is 1. The average Bonchev–Trinajstić information content (AvgIpc) is 2.77. The predicted molar refractivity (Wildman–Crippen MR) is 92.7 cm³/mol. The highest BCUT2D eigenvalue weighted by Crippen LogP contribution is 2.41. The van der Waals surface area contributed by atoms with Crippen LogP contribution in [-0.4, -0.2) is 31.6 Å². The second-order valence-electron chi connectivity index (χ2n) is 6.46. The van der Waals surface area contributed by atoms with Crippen molar-refractivity contribution in [1.82, 2.24) is 5.32 Å². The van der Waals surface area contributed by atoms with Crippen LogP contribution in [0.1, 0.15) is 22.3 Å². The molecule has 2 aromatic rings. The van der Waals surface area contributed by atoms with Crippen molar-refractivity contribution in [3.05, 3.63) is 53.3 Å². The molecule has 1 unspecified atom stereocenters. The van der Waals surface area contributed by atoms with Gasteiger partial charge in [-0.15, -0.1) is 0 Å². The molecule has 0 radical (unpaired) electrons. The normalized spacial score (nSPS) is 19.5. The van der Waals surface area contributed by atoms with E-state index in [0.29, 0.717) is 6.04 Å². The molecule has 4 nitrogen and oxygen atoms in total. The lowest BCUT2D eigenvalue weighted by atomic mass is 9.98. The van der Waals surface area contributed by atoms with Crippen molar-refractivity contribution >= 4 is 11.6 Å². The number of nitrogens with zero attached hydrogens (tertiary/aromatic N) is 1. The summed E-state index contributed by atoms with van der Waals surface area (Å²) in [6.07, 6.45) is 2.15. The molecule has 0 saturated carbocycles. The maximum atomic E-state index is 13.8. The molecule has 1 atom stereocenters. The zero-order chi connectivity index (χ0) is 16.7. The number of rotatable bonds is 2. The molecule has 1 fully saturated rings. The third-order valence-corrected chi connectivity index (χ3v) is 5.03. The van der Waals surface area contributed by atoms with E-state index in [1.807, 2.05) is 12.1 Å². The first-order valence-electron chi connectivity index (χ1n) is 8.34. The zero-order valence-electron chi connectivity index (χ0n) is 13.4. The molecule has 0 aliphatic carbocycles. The Morgan fingerprint density at radius 1 is 1.25 bits per heavy atom. The van der Waals surface area contributed by atoms with E-state index in [1.54, 1.807) is 12.1 Å². The van der Waals surface area contributed by atoms with Gasteiger partial charge in [0.15, 0.2) is 0 Å². The summed E-state index contributed by atoms with van der Waals surface area (Å²) in [4.78, 5) is 13.9. The fraction of sp³-hybridized carbons (Fsp3) is 0.316. The van der Waals surface area contributed by atoms with Gasteiger partial charge in [-0.25, -0.2) is 4.39 Å². The molecule has 2 heterocycles. The van der Waals surface area contributed by atoms with Crippen LogP contribution >= 0.6 is 0 Å². The van der Waals surface area contributed by atoms with Gasteiger partial charge in [0.2, 0.25) is 0 Å². The number of carbonyl (C=O) groups excluding carboxylic acids is 1. The van der Waals surface area contributed by atoms with Crippen molar-refractivity contribution in [2.75, 3.05) is 24.5 Å². The molecule has 0 bridgehead atoms. The summed E-state index contributed by atoms with van der Waals surface area (Å²) in [5.74, 6) is -1.31. The number of fused-ring (bicyclic) bond motifs is 3. The van der Waals surface area contributed by atoms with Gasteiger partial charge in [0.1, 0.15) is 5.82 Å². The maximum Gasteiger partial charge on any atom is 0.251 e. The minimum atomic E-state index is -0.737. The molecule has 5 heteroatoms. The van der Waals surface area contributed by atoms with Crippen LogP contribution in [0.3, 0.4) is 0 Å². The molecule has 4 rings (SSSR count). The summed E-state index contributed by atoms with van der Waals surface area (Å²) in [5.41, 5.74) is 9.66. The zero-order valence-corrected chi connectivity index (χ0v) is 13.4. The lowest BCUT2D eigenvalue weighted by Gasteiger charge is -2.26. The van der Waals surface area contributed by atoms with Crippen molar-refractivity contribution < 1.29 is 9.18 Å². The standard InChI is InChI=1S/C19H20FN3O/c20-17-5-4-12(11-16(17)19(21)24)15-3-1-2-13-10-14-6-7-22-8-9-23(14)18(13)15/h1-5,11,14,22H,6-10H2,(H2,21,24). The maximum absolute atomic E-state index is 13.8. The largest absolute Gasteiger partial charge is 0.366 e. The number of nitrogens with two attached hydrogens (primary N) is 1. The number of halogens is 1. The minimum absolute atomic E-state index is 0.0582. The van der Waals surface area contributed by atoms with Gasteiger partial charge in [0.05, 0.1) is 5.56 Å². The van der Waals surface area contributed by atoms with Crippen LogP contribution in [0.15, 0.2) is 36.4 Å². The molecular formula is C19H20FN3O. The fourth-order valence-electron chi connectivity index (χ4n) is 3.90. The molecule has 2 aliphatic heterocycles. The molecule has 0 aromatic heterocycles. The lowest BCUT2D eigenvalue weighted by Crippen LogP contribution is -2.33. The van der Waals surface area contributed by atoms with Crippen LogP contribution in [0.25, 0.3) is 11.1 Å². The number of primary amides is 1. The highest BCUT2D eigenvalue weighted by molar-refractivity contribution is 5.95. The number of benzene rings is 2. The summed E-state index contributed by atoms with van der Waals surface area (Å²) < 4.78 is 13.8. The number of hydrogen-bond donors (Lipinski definition) is 2. The summed E-state index contributed by atoms with van der Waals surface area (Å²) >= 11 is 0. The van der Waals surface area contributed by atoms with Crippen molar-refractivity contribution in [3.8, 4) is 11.1 Å². The van der Waals surface area contributed by atoms with Gasteiger partial charge in [-0.2, -0.15) is 0 Å². The van der Waals surface area contributed by atoms with Crippen molar-refractivity contribution in [2.24, 2.45) is 5.73 Å². The number of amides is 1. The van der Waals surface area contributed by atoms with Crippen LogP contribution < -0.4 is 16.0 Å². The van der Waals surface area contributed by atoms with E-state index in [4.69, 9.17) is 5.73 Å². The molecule has 1 amide bonds. The predicted octanol–water partition coefficient (Wildman–Crippen LogP) is 2.32. The smallest absolute Gasteiger partial charge is 0.251 e. The first-order chi connectivity index (χ1) is 11.6. The van der Waals surface area contributed by atoms with Crippen LogP contribution in [0.5, 0.6) is 0 Å². The first kappa shape index (κ1) is 15.1. The van der Waals surface area contributed by atoms with E-state index >= 15 is 0 Å². The third kappa shape index (κ3) is 2.45. The molecule has 124 valence electrons. The van der Waals surface area contributed by atoms with Crippen molar-refractivity contribution in [3.63, 3.8) is 0 Å². The van der Waals surface area contributed by atoms with Gasteiger partial charge in [-0.05, 0) is 42.6 Å². The molecule has 0 spiro atoms. The van der Waals surface area contributed by atoms with Crippen LogP contribution in [0, 0.1) is 5.82 Å². The second-order valence-corrected chi connectivity index (χ2v) is 6.46. The van der Waals surface area contributed by atoms with Gasteiger partial charge in [-0.1, -0.05) is 24.3 Å². The van der Waals surface area contributed by atoms with Crippen LogP contribution in [0.4, 0.5) is 10.1 Å². The number of carbonyl (C=O) groups is 1. The fourth-order valence-corrected chi connectivity index (χ4v) is 3.90. The molecule has 24 heavy (non-hydrogen) atoms. The second kappa shape index (κ2) is 5.91. The molecular weight excluding hydrogens is 305 g/mol. The summed E-state index contributed by atoms with van der Waals surface area (Å²) in [5, 5.41) is 3.44. The van der Waals surface area contributed by atoms with E-state index in [2.05, 4.69) is 16.3 Å². The van der Waals surface area contributed by atoms with E-state index < -0.39 is 11.7 Å². The van der Waals surface area contributed by atoms with Crippen molar-refractivity contribution in [2.45, 2.75) is 18.9 Å². The Hall–Kier alpha value is -2.40. The Kier molecular flexibility index (Phi) is 3.73. The van der Waals surface area contributed by atoms with E-state index in [0.717, 1.165) is 43.6 Å². The minimum Gasteiger partial charge on any atom is -0.366 e. The Morgan fingerprint density at radius 3 is 2.96 bits per heavy atom. The average molecular weight is 325 g/mol. The van der Waals surface area contributed by atoms with Gasteiger partial charge >= 0.3 is 0 Å². The van der Waals surface area contributed by atoms with Gasteiger partial charge < -0.3 is 16.0 Å². The summed E-state index contributed by atoms with van der Waals surface area (Å²) in [7, 11) is 0. The summed E-state index contributed by atoms with van der Waals surface area (Å²) in [6, 6.07) is 11.4. The number of hydrogen-bond acceptors (Lipinski definition) is 3. The topological polar surface area (TPSA) is 58.4 Å². The molecule has 3 N–H and O–H groups in total. The first-order valence-corrected chi connectivity index (χ1v) is 8.34. The van der Waals surface area contributed by atoms with Gasteiger partial charge in [0.25, 0.3) is 5.91 Å².